The normalized spacial score (nSPS) is 15.2. The van der Waals surface area contributed by atoms with E-state index in [1.54, 1.807) is 11.3 Å². The molecule has 1 N–H and O–H groups in total. The summed E-state index contributed by atoms with van der Waals surface area (Å²) < 4.78 is 18.4. The first-order chi connectivity index (χ1) is 14.7. The van der Waals surface area contributed by atoms with Crippen molar-refractivity contribution in [1.29, 1.82) is 0 Å². The summed E-state index contributed by atoms with van der Waals surface area (Å²) in [5.41, 5.74) is 1.12. The van der Waals surface area contributed by atoms with Crippen LogP contribution in [0.15, 0.2) is 24.3 Å². The number of nitrogens with zero attached hydrogens (tertiary/aromatic N) is 3. The summed E-state index contributed by atoms with van der Waals surface area (Å²) in [5, 5.41) is 4.41. The van der Waals surface area contributed by atoms with Crippen molar-refractivity contribution >= 4 is 22.4 Å². The zero-order valence-electron chi connectivity index (χ0n) is 18.4. The molecule has 4 rings (SSSR count). The van der Waals surface area contributed by atoms with Crippen LogP contribution in [0.4, 0.5) is 9.52 Å². The van der Waals surface area contributed by atoms with E-state index in [1.807, 2.05) is 32.6 Å². The molecule has 1 aromatic carbocycles. The number of carbonyl (C=O) groups is 1. The van der Waals surface area contributed by atoms with Gasteiger partial charge in [0.2, 0.25) is 0 Å². The molecule has 0 bridgehead atoms. The van der Waals surface area contributed by atoms with Gasteiger partial charge in [-0.1, -0.05) is 39.0 Å². The van der Waals surface area contributed by atoms with Crippen LogP contribution in [0, 0.1) is 5.82 Å². The van der Waals surface area contributed by atoms with E-state index < -0.39 is 0 Å². The van der Waals surface area contributed by atoms with Gasteiger partial charge in [-0.2, -0.15) is 0 Å². The van der Waals surface area contributed by atoms with Gasteiger partial charge in [0.05, 0.1) is 12.2 Å². The third-order valence-electron chi connectivity index (χ3n) is 4.64. The first kappa shape index (κ1) is 24.1. The van der Waals surface area contributed by atoms with Gasteiger partial charge in [-0.25, -0.2) is 9.37 Å². The molecule has 0 radical (unpaired) electrons. The fraction of sp³-hybridized carbons (Fsp3) is 0.545. The summed E-state index contributed by atoms with van der Waals surface area (Å²) in [4.78, 5) is 22.5. The van der Waals surface area contributed by atoms with Crippen molar-refractivity contribution < 1.29 is 13.9 Å². The molecule has 1 fully saturated rings. The average molecular weight is 437 g/mol. The molecule has 30 heavy (non-hydrogen) atoms. The van der Waals surface area contributed by atoms with E-state index in [0.717, 1.165) is 43.4 Å². The Bertz CT molecular complexity index is 776. The van der Waals surface area contributed by atoms with E-state index in [0.29, 0.717) is 18.8 Å². The maximum Gasteiger partial charge on any atom is 0.260 e. The number of fused-ring (bicyclic) bond motifs is 1. The lowest BCUT2D eigenvalue weighted by atomic mass is 10.2. The highest BCUT2D eigenvalue weighted by molar-refractivity contribution is 7.15. The highest BCUT2D eigenvalue weighted by Gasteiger charge is 2.26. The van der Waals surface area contributed by atoms with Gasteiger partial charge in [-0.15, -0.1) is 0 Å². The maximum absolute atomic E-state index is 12.9. The van der Waals surface area contributed by atoms with Crippen molar-refractivity contribution in [2.45, 2.75) is 40.7 Å². The SMILES string of the molecule is CC.CC.O=C(COc1ccc(F)cc1)N1CCc2nc(N3CCNCC3)sc2C1. The molecular formula is C22H33FN4O2S. The van der Waals surface area contributed by atoms with Gasteiger partial charge in [0.15, 0.2) is 11.7 Å². The van der Waals surface area contributed by atoms with Gasteiger partial charge in [-0.3, -0.25) is 4.79 Å². The molecule has 8 heteroatoms. The molecular weight excluding hydrogens is 403 g/mol. The second-order valence-electron chi connectivity index (χ2n) is 6.41. The quantitative estimate of drug-likeness (QED) is 0.792. The first-order valence-electron chi connectivity index (χ1n) is 10.8. The molecule has 2 aliphatic heterocycles. The smallest absolute Gasteiger partial charge is 0.260 e. The standard InChI is InChI=1S/C18H21FN4O2S.2C2H6/c19-13-1-3-14(4-2-13)25-12-17(24)23-8-5-15-16(11-23)26-18(21-15)22-9-6-20-7-10-22;2*1-2/h1-4,20H,5-12H2;2*1-2H3. The summed E-state index contributed by atoms with van der Waals surface area (Å²) in [6.45, 7) is 13.1. The van der Waals surface area contributed by atoms with E-state index in [9.17, 15) is 9.18 Å². The minimum absolute atomic E-state index is 0.0373. The average Bonchev–Trinajstić information content (AvgIpc) is 3.25. The van der Waals surface area contributed by atoms with Crippen LogP contribution in [0.3, 0.4) is 0 Å². The van der Waals surface area contributed by atoms with Crippen molar-refractivity contribution in [2.75, 3.05) is 44.2 Å². The topological polar surface area (TPSA) is 57.7 Å². The summed E-state index contributed by atoms with van der Waals surface area (Å²) in [6.07, 6.45) is 0.778. The summed E-state index contributed by atoms with van der Waals surface area (Å²) in [5.74, 6) is 0.117. The fourth-order valence-electron chi connectivity index (χ4n) is 3.15. The molecule has 166 valence electrons. The lowest BCUT2D eigenvalue weighted by Gasteiger charge is -2.26. The molecule has 0 saturated carbocycles. The summed E-state index contributed by atoms with van der Waals surface area (Å²) in [6, 6.07) is 5.70. The zero-order chi connectivity index (χ0) is 21.9. The number of thiazole rings is 1. The van der Waals surface area contributed by atoms with Crippen LogP contribution in [0.25, 0.3) is 0 Å². The van der Waals surface area contributed by atoms with Gasteiger partial charge >= 0.3 is 0 Å². The van der Waals surface area contributed by atoms with Crippen molar-refractivity contribution in [3.63, 3.8) is 0 Å². The Kier molecular flexibility index (Phi) is 10.0. The Morgan fingerprint density at radius 1 is 1.13 bits per heavy atom. The van der Waals surface area contributed by atoms with Crippen LogP contribution >= 0.6 is 11.3 Å². The fourth-order valence-corrected chi connectivity index (χ4v) is 4.33. The Hall–Kier alpha value is -2.19. The van der Waals surface area contributed by atoms with Crippen molar-refractivity contribution in [3.05, 3.63) is 40.7 Å². The lowest BCUT2D eigenvalue weighted by Crippen LogP contribution is -2.43. The number of piperazine rings is 1. The van der Waals surface area contributed by atoms with Crippen LogP contribution in [0.5, 0.6) is 5.75 Å². The molecule has 2 aliphatic rings. The Morgan fingerprint density at radius 2 is 1.80 bits per heavy atom. The molecule has 0 atom stereocenters. The van der Waals surface area contributed by atoms with Crippen LogP contribution in [-0.4, -0.2) is 55.1 Å². The van der Waals surface area contributed by atoms with Crippen LogP contribution < -0.4 is 15.0 Å². The number of nitrogens with one attached hydrogen (secondary N) is 1. The van der Waals surface area contributed by atoms with Crippen molar-refractivity contribution in [3.8, 4) is 5.75 Å². The van der Waals surface area contributed by atoms with Gasteiger partial charge < -0.3 is 19.9 Å². The highest BCUT2D eigenvalue weighted by Crippen LogP contribution is 2.31. The molecule has 3 heterocycles. The molecule has 0 aliphatic carbocycles. The van der Waals surface area contributed by atoms with Gasteiger partial charge in [-0.05, 0) is 24.3 Å². The number of benzene rings is 1. The minimum atomic E-state index is -0.322. The van der Waals surface area contributed by atoms with Crippen molar-refractivity contribution in [2.24, 2.45) is 0 Å². The number of rotatable bonds is 4. The summed E-state index contributed by atoms with van der Waals surface area (Å²) >= 11 is 1.69. The molecule has 1 amide bonds. The maximum atomic E-state index is 12.9. The number of ether oxygens (including phenoxy) is 1. The highest BCUT2D eigenvalue weighted by atomic mass is 32.1. The third kappa shape index (κ3) is 6.40. The Balaban J connectivity index is 0.000000757. The number of hydrogen-bond acceptors (Lipinski definition) is 6. The molecule has 1 aromatic heterocycles. The van der Waals surface area contributed by atoms with E-state index in [4.69, 9.17) is 9.72 Å². The van der Waals surface area contributed by atoms with Crippen molar-refractivity contribution in [1.82, 2.24) is 15.2 Å². The Morgan fingerprint density at radius 3 is 2.47 bits per heavy atom. The van der Waals surface area contributed by atoms with Crippen LogP contribution in [0.2, 0.25) is 0 Å². The molecule has 0 unspecified atom stereocenters. The lowest BCUT2D eigenvalue weighted by molar-refractivity contribution is -0.134. The van der Waals surface area contributed by atoms with Gasteiger partial charge in [0, 0.05) is 44.0 Å². The zero-order valence-corrected chi connectivity index (χ0v) is 19.2. The number of carbonyl (C=O) groups excluding carboxylic acids is 1. The van der Waals surface area contributed by atoms with E-state index in [-0.39, 0.29) is 18.3 Å². The first-order valence-corrected chi connectivity index (χ1v) is 11.6. The van der Waals surface area contributed by atoms with Crippen LogP contribution in [0.1, 0.15) is 38.3 Å². The monoisotopic (exact) mass is 436 g/mol. The van der Waals surface area contributed by atoms with E-state index in [1.165, 1.54) is 29.1 Å². The number of anilines is 1. The van der Waals surface area contributed by atoms with E-state index >= 15 is 0 Å². The molecule has 1 saturated heterocycles. The molecule has 6 nitrogen and oxygen atoms in total. The number of amides is 1. The summed E-state index contributed by atoms with van der Waals surface area (Å²) in [7, 11) is 0. The predicted molar refractivity (Wildman–Crippen MR) is 121 cm³/mol. The molecule has 2 aromatic rings. The molecule has 0 spiro atoms. The van der Waals surface area contributed by atoms with Crippen LogP contribution in [-0.2, 0) is 17.8 Å². The number of aromatic nitrogens is 1. The predicted octanol–water partition coefficient (Wildman–Crippen LogP) is 3.71. The number of halogens is 1. The van der Waals surface area contributed by atoms with E-state index in [2.05, 4.69) is 10.2 Å². The third-order valence-corrected chi connectivity index (χ3v) is 5.78. The number of hydrogen-bond donors (Lipinski definition) is 1. The minimum Gasteiger partial charge on any atom is -0.484 e. The Labute approximate surface area is 183 Å². The second-order valence-corrected chi connectivity index (χ2v) is 7.47. The van der Waals surface area contributed by atoms with Gasteiger partial charge in [0.25, 0.3) is 5.91 Å². The van der Waals surface area contributed by atoms with Gasteiger partial charge in [0.1, 0.15) is 11.6 Å². The largest absolute Gasteiger partial charge is 0.484 e. The second kappa shape index (κ2) is 12.5.